The van der Waals surface area contributed by atoms with Crippen molar-refractivity contribution in [1.29, 1.82) is 0 Å². The average Bonchev–Trinajstić information content (AvgIpc) is 2.69. The maximum absolute atomic E-state index is 5.48. The van der Waals surface area contributed by atoms with Crippen LogP contribution in [-0.2, 0) is 4.74 Å². The van der Waals surface area contributed by atoms with E-state index in [-0.39, 0.29) is 0 Å². The molecule has 0 spiro atoms. The lowest BCUT2D eigenvalue weighted by Crippen LogP contribution is -2.36. The molecule has 6 heteroatoms. The molecule has 1 N–H and O–H groups in total. The molecule has 1 atom stereocenters. The molecule has 4 rings (SSSR count). The minimum absolute atomic E-state index is 0.720. The molecule has 2 aliphatic heterocycles. The van der Waals surface area contributed by atoms with Gasteiger partial charge in [-0.1, -0.05) is 19.1 Å². The minimum Gasteiger partial charge on any atom is -0.378 e. The first-order valence-electron chi connectivity index (χ1n) is 9.55. The Morgan fingerprint density at radius 1 is 1.08 bits per heavy atom. The Balaban J connectivity index is 1.53. The van der Waals surface area contributed by atoms with Crippen molar-refractivity contribution in [3.05, 3.63) is 36.7 Å². The van der Waals surface area contributed by atoms with Gasteiger partial charge in [0.15, 0.2) is 0 Å². The first-order chi connectivity index (χ1) is 12.8. The van der Waals surface area contributed by atoms with Crippen LogP contribution < -0.4 is 15.1 Å². The summed E-state index contributed by atoms with van der Waals surface area (Å²) in [6.45, 7) is 7.84. The number of rotatable bonds is 4. The van der Waals surface area contributed by atoms with Crippen LogP contribution in [0.5, 0.6) is 0 Å². The van der Waals surface area contributed by atoms with E-state index in [9.17, 15) is 0 Å². The van der Waals surface area contributed by atoms with E-state index in [0.717, 1.165) is 62.6 Å². The van der Waals surface area contributed by atoms with Gasteiger partial charge in [-0.25, -0.2) is 9.97 Å². The summed E-state index contributed by atoms with van der Waals surface area (Å²) in [5.41, 5.74) is 2.27. The lowest BCUT2D eigenvalue weighted by molar-refractivity contribution is 0.123. The topological polar surface area (TPSA) is 53.5 Å². The Bertz CT molecular complexity index is 732. The highest BCUT2D eigenvalue weighted by Crippen LogP contribution is 2.30. The highest BCUT2D eigenvalue weighted by Gasteiger charge is 2.19. The Labute approximate surface area is 155 Å². The number of anilines is 4. The lowest BCUT2D eigenvalue weighted by atomic mass is 10.0. The number of ether oxygens (including phenoxy) is 1. The molecule has 0 amide bonds. The van der Waals surface area contributed by atoms with E-state index in [1.165, 1.54) is 18.5 Å². The third-order valence-corrected chi connectivity index (χ3v) is 5.15. The van der Waals surface area contributed by atoms with E-state index in [2.05, 4.69) is 62.3 Å². The summed E-state index contributed by atoms with van der Waals surface area (Å²) in [4.78, 5) is 13.7. The van der Waals surface area contributed by atoms with Crippen LogP contribution in [0.4, 0.5) is 23.0 Å². The summed E-state index contributed by atoms with van der Waals surface area (Å²) >= 11 is 0. The second kappa shape index (κ2) is 7.91. The Morgan fingerprint density at radius 2 is 1.92 bits per heavy atom. The third kappa shape index (κ3) is 3.90. The molecule has 26 heavy (non-hydrogen) atoms. The zero-order valence-corrected chi connectivity index (χ0v) is 15.4. The SMILES string of the molecule is CC1CCCN(c2cc(Nc3ccccc3N3CCOCC3)ncn2)C1. The summed E-state index contributed by atoms with van der Waals surface area (Å²) in [6, 6.07) is 10.5. The van der Waals surface area contributed by atoms with Gasteiger partial charge < -0.3 is 19.9 Å². The van der Waals surface area contributed by atoms with Crippen molar-refractivity contribution in [3.63, 3.8) is 0 Å². The molecule has 138 valence electrons. The van der Waals surface area contributed by atoms with Crippen molar-refractivity contribution in [2.45, 2.75) is 19.8 Å². The van der Waals surface area contributed by atoms with Gasteiger partial charge in [-0.05, 0) is 30.9 Å². The summed E-state index contributed by atoms with van der Waals surface area (Å²) in [5.74, 6) is 2.57. The van der Waals surface area contributed by atoms with E-state index in [1.807, 2.05) is 0 Å². The summed E-state index contributed by atoms with van der Waals surface area (Å²) in [6.07, 6.45) is 4.20. The molecule has 1 aromatic carbocycles. The molecule has 0 aliphatic carbocycles. The van der Waals surface area contributed by atoms with Gasteiger partial charge in [0.05, 0.1) is 24.6 Å². The van der Waals surface area contributed by atoms with Crippen LogP contribution in [0.15, 0.2) is 36.7 Å². The molecule has 2 aliphatic rings. The van der Waals surface area contributed by atoms with E-state index in [4.69, 9.17) is 4.74 Å². The average molecular weight is 353 g/mol. The van der Waals surface area contributed by atoms with E-state index in [0.29, 0.717) is 0 Å². The fourth-order valence-corrected chi connectivity index (χ4v) is 3.78. The molecular weight excluding hydrogens is 326 g/mol. The largest absolute Gasteiger partial charge is 0.378 e. The number of aromatic nitrogens is 2. The van der Waals surface area contributed by atoms with Crippen molar-refractivity contribution in [1.82, 2.24) is 9.97 Å². The van der Waals surface area contributed by atoms with Crippen molar-refractivity contribution in [3.8, 4) is 0 Å². The molecule has 2 saturated heterocycles. The van der Waals surface area contributed by atoms with Crippen LogP contribution in [0.2, 0.25) is 0 Å². The zero-order valence-electron chi connectivity index (χ0n) is 15.4. The summed E-state index contributed by atoms with van der Waals surface area (Å²) < 4.78 is 5.48. The number of para-hydroxylation sites is 2. The number of nitrogens with zero attached hydrogens (tertiary/aromatic N) is 4. The quantitative estimate of drug-likeness (QED) is 0.910. The van der Waals surface area contributed by atoms with Crippen LogP contribution in [-0.4, -0.2) is 49.4 Å². The van der Waals surface area contributed by atoms with Gasteiger partial charge in [0.2, 0.25) is 0 Å². The maximum atomic E-state index is 5.48. The highest BCUT2D eigenvalue weighted by atomic mass is 16.5. The number of hydrogen-bond acceptors (Lipinski definition) is 6. The van der Waals surface area contributed by atoms with Crippen molar-refractivity contribution in [2.75, 3.05) is 54.5 Å². The van der Waals surface area contributed by atoms with Crippen LogP contribution >= 0.6 is 0 Å². The predicted molar refractivity (Wildman–Crippen MR) is 105 cm³/mol. The molecule has 0 radical (unpaired) electrons. The van der Waals surface area contributed by atoms with Gasteiger partial charge in [-0.15, -0.1) is 0 Å². The standard InChI is InChI=1S/C20H27N5O/c1-16-5-4-8-25(14-16)20-13-19(21-15-22-20)23-17-6-2-3-7-18(17)24-9-11-26-12-10-24/h2-3,6-7,13,15-16H,4-5,8-12,14H2,1H3,(H,21,22,23). The first-order valence-corrected chi connectivity index (χ1v) is 9.55. The van der Waals surface area contributed by atoms with Gasteiger partial charge in [0.1, 0.15) is 18.0 Å². The molecule has 1 unspecified atom stereocenters. The molecule has 1 aromatic heterocycles. The fourth-order valence-electron chi connectivity index (χ4n) is 3.78. The normalized spacial score (nSPS) is 20.9. The lowest BCUT2D eigenvalue weighted by Gasteiger charge is -2.32. The number of benzene rings is 1. The highest BCUT2D eigenvalue weighted by molar-refractivity contribution is 5.74. The molecule has 2 fully saturated rings. The number of hydrogen-bond donors (Lipinski definition) is 1. The third-order valence-electron chi connectivity index (χ3n) is 5.15. The summed E-state index contributed by atoms with van der Waals surface area (Å²) in [7, 11) is 0. The van der Waals surface area contributed by atoms with Crippen LogP contribution in [0.1, 0.15) is 19.8 Å². The smallest absolute Gasteiger partial charge is 0.135 e. The van der Waals surface area contributed by atoms with E-state index >= 15 is 0 Å². The number of nitrogens with one attached hydrogen (secondary N) is 1. The minimum atomic E-state index is 0.720. The Hall–Kier alpha value is -2.34. The van der Waals surface area contributed by atoms with E-state index in [1.54, 1.807) is 6.33 Å². The zero-order chi connectivity index (χ0) is 17.8. The predicted octanol–water partition coefficient (Wildman–Crippen LogP) is 3.29. The Kier molecular flexibility index (Phi) is 5.20. The van der Waals surface area contributed by atoms with Crippen LogP contribution in [0.25, 0.3) is 0 Å². The number of morpholine rings is 1. The van der Waals surface area contributed by atoms with Gasteiger partial charge in [0.25, 0.3) is 0 Å². The molecule has 6 nitrogen and oxygen atoms in total. The monoisotopic (exact) mass is 353 g/mol. The van der Waals surface area contributed by atoms with Gasteiger partial charge >= 0.3 is 0 Å². The van der Waals surface area contributed by atoms with Crippen molar-refractivity contribution >= 4 is 23.0 Å². The summed E-state index contributed by atoms with van der Waals surface area (Å²) in [5, 5.41) is 3.50. The Morgan fingerprint density at radius 3 is 2.77 bits per heavy atom. The molecular formula is C20H27N5O. The number of piperidine rings is 1. The van der Waals surface area contributed by atoms with Crippen LogP contribution in [0, 0.1) is 5.92 Å². The molecule has 0 saturated carbocycles. The van der Waals surface area contributed by atoms with Gasteiger partial charge in [-0.2, -0.15) is 0 Å². The van der Waals surface area contributed by atoms with Gasteiger partial charge in [-0.3, -0.25) is 0 Å². The molecule has 2 aromatic rings. The van der Waals surface area contributed by atoms with E-state index < -0.39 is 0 Å². The molecule has 3 heterocycles. The van der Waals surface area contributed by atoms with Crippen molar-refractivity contribution < 1.29 is 4.74 Å². The van der Waals surface area contributed by atoms with Crippen LogP contribution in [0.3, 0.4) is 0 Å². The maximum Gasteiger partial charge on any atom is 0.135 e. The van der Waals surface area contributed by atoms with Crippen molar-refractivity contribution in [2.24, 2.45) is 5.92 Å². The molecule has 0 bridgehead atoms. The van der Waals surface area contributed by atoms with Gasteiger partial charge in [0, 0.05) is 32.2 Å². The second-order valence-corrected chi connectivity index (χ2v) is 7.20. The first kappa shape index (κ1) is 17.1. The second-order valence-electron chi connectivity index (χ2n) is 7.20. The fraction of sp³-hybridized carbons (Fsp3) is 0.500.